The molecule has 8 bridgehead atoms. The highest BCUT2D eigenvalue weighted by atomic mass is 35.5. The monoisotopic (exact) mass is 1470 g/mol. The van der Waals surface area contributed by atoms with Gasteiger partial charge in [0, 0.05) is 91.4 Å². The van der Waals surface area contributed by atoms with Gasteiger partial charge in [0.25, 0.3) is 0 Å². The molecule has 100 heavy (non-hydrogen) atoms. The fraction of sp³-hybridized carbons (Fsp3) is 0.600. The number of likely N-dealkylation sites (N-methyl/N-ethyl adjacent to an activating group) is 2. The number of aliphatic hydroxyl groups is 2. The number of esters is 2. The maximum atomic E-state index is 14.5. The molecular weight excluding hydrogens is 1380 g/mol. The molecule has 550 valence electrons. The summed E-state index contributed by atoms with van der Waals surface area (Å²) in [5.41, 5.74) is -2.54. The first-order chi connectivity index (χ1) is 47.1. The Balaban J connectivity index is 0.887. The van der Waals surface area contributed by atoms with Gasteiger partial charge in [0.1, 0.15) is 81.5 Å². The fourth-order valence-corrected chi connectivity index (χ4v) is 15.7. The lowest BCUT2D eigenvalue weighted by Gasteiger charge is -2.42. The topological polar surface area (TPSA) is 313 Å². The summed E-state index contributed by atoms with van der Waals surface area (Å²) in [6.45, 7) is 13.7. The molecule has 0 aliphatic carbocycles. The minimum absolute atomic E-state index is 0.0149. The van der Waals surface area contributed by atoms with Crippen LogP contribution in [-0.4, -0.2) is 219 Å². The summed E-state index contributed by atoms with van der Waals surface area (Å²) in [6.07, 6.45) is 0.390. The summed E-state index contributed by atoms with van der Waals surface area (Å²) in [6, 6.07) is 4.75. The van der Waals surface area contributed by atoms with Crippen LogP contribution in [0.3, 0.4) is 0 Å². The van der Waals surface area contributed by atoms with Crippen LogP contribution in [0.1, 0.15) is 105 Å². The van der Waals surface area contributed by atoms with Gasteiger partial charge in [-0.3, -0.25) is 29.8 Å². The first kappa shape index (κ1) is 79.1. The Kier molecular flexibility index (Phi) is 25.9. The lowest BCUT2D eigenvalue weighted by molar-refractivity contribution is -0.162. The summed E-state index contributed by atoms with van der Waals surface area (Å²) in [5.74, 6) is -3.52. The van der Waals surface area contributed by atoms with Crippen LogP contribution in [0.5, 0.6) is 11.5 Å². The van der Waals surface area contributed by atoms with Crippen LogP contribution in [0.4, 0.5) is 21.0 Å². The van der Waals surface area contributed by atoms with E-state index in [9.17, 15) is 48.6 Å². The number of hydrogen-bond acceptors (Lipinski definition) is 22. The van der Waals surface area contributed by atoms with Crippen LogP contribution in [0.15, 0.2) is 71.9 Å². The summed E-state index contributed by atoms with van der Waals surface area (Å²) >= 11 is 13.7. The number of halogens is 2. The standard InChI is InChI=1S/C70H94Cl2N6O20S2/c1-37-19-17-21-51(91-15)69(87)35-49(93-65(85)73-69)39(3)61-67(7,97-61)53(33-57(81)77(11)45-29-43(27-37)31-47(89-13)59(45)71)95-63(83)41(5)75(9)55(79)23-25-99-100-26-24-56(80)76(10)42(6)64(84)96-54-34-58(82)78(12)46-30-44(32-48(90-14)60(46)72)28-38(2)20-18-22-52(92-16)70(88)36-50(94-66(86)74-70)40(4)62-68(54,8)98-62/h17-22,29-32,39-42,49-54,61-62,87-88H,23-28,33-36H2,1-16H3,(H,73,85)(H,74,86)/t39-,40-,41+,42+,49+,50+,51-,52-,53+,54+,61-,62-,67+,68+,69+,70+/m1/s1. The number of anilines is 2. The largest absolute Gasteiger partial charge is 0.495 e. The first-order valence-electron chi connectivity index (χ1n) is 33.0. The van der Waals surface area contributed by atoms with Crippen molar-refractivity contribution in [1.82, 2.24) is 20.4 Å². The third-order valence-electron chi connectivity index (χ3n) is 19.9. The molecule has 8 rings (SSSR count). The lowest BCUT2D eigenvalue weighted by atomic mass is 9.83. The van der Waals surface area contributed by atoms with Gasteiger partial charge in [-0.2, -0.15) is 0 Å². The molecule has 6 amide bonds. The molecule has 6 heterocycles. The van der Waals surface area contributed by atoms with Crippen molar-refractivity contribution < 1.29 is 95.9 Å². The highest BCUT2D eigenvalue weighted by Gasteiger charge is 2.66. The number of fused-ring (bicyclic) bond motifs is 10. The van der Waals surface area contributed by atoms with Gasteiger partial charge in [0.2, 0.25) is 23.6 Å². The van der Waals surface area contributed by atoms with Crippen molar-refractivity contribution in [2.45, 2.75) is 190 Å². The number of alkyl carbamates (subject to hydrolysis) is 2. The number of allylic oxidation sites excluding steroid dienone is 6. The van der Waals surface area contributed by atoms with Crippen LogP contribution in [0, 0.1) is 11.8 Å². The number of ether oxygens (including phenoxy) is 10. The van der Waals surface area contributed by atoms with Crippen molar-refractivity contribution in [2.24, 2.45) is 11.8 Å². The van der Waals surface area contributed by atoms with Crippen LogP contribution in [0.2, 0.25) is 10.0 Å². The van der Waals surface area contributed by atoms with Gasteiger partial charge >= 0.3 is 24.1 Å². The molecular formula is C70H94Cl2N6O20S2. The molecule has 30 heteroatoms. The molecule has 0 spiro atoms. The van der Waals surface area contributed by atoms with E-state index in [1.807, 2.05) is 26.0 Å². The average Bonchev–Trinajstić information content (AvgIpc) is 1.58. The number of carbonyl (C=O) groups is 8. The Bertz CT molecular complexity index is 3340. The van der Waals surface area contributed by atoms with Gasteiger partial charge in [0.05, 0.1) is 50.6 Å². The van der Waals surface area contributed by atoms with E-state index in [-0.39, 0.29) is 47.2 Å². The third kappa shape index (κ3) is 17.9. The number of epoxide rings is 2. The van der Waals surface area contributed by atoms with Gasteiger partial charge in [-0.1, -0.05) is 106 Å². The summed E-state index contributed by atoms with van der Waals surface area (Å²) in [7, 11) is 14.4. The maximum absolute atomic E-state index is 14.5. The second-order valence-corrected chi connectivity index (χ2v) is 30.4. The van der Waals surface area contributed by atoms with Crippen molar-refractivity contribution >= 4 is 104 Å². The third-order valence-corrected chi connectivity index (χ3v) is 23.1. The molecule has 6 aliphatic heterocycles. The molecule has 6 aliphatic rings. The Hall–Kier alpha value is -6.60. The van der Waals surface area contributed by atoms with E-state index in [2.05, 4.69) is 10.6 Å². The van der Waals surface area contributed by atoms with E-state index in [1.54, 1.807) is 90.4 Å². The summed E-state index contributed by atoms with van der Waals surface area (Å²) < 4.78 is 59.2. The SMILES string of the molecule is COc1cc2cc(c1Cl)N(C)C(=O)C[C@H](OC(=O)[C@H](C)N(C)C(=O)CCSSCCC(=O)N(C)[C@@H](C)C(=O)O[C@H]1CC(=O)N(C)c3cc(cc(OC)c3Cl)CC(C)=CC=C[C@@H](OC)[C@@]3(O)C[C@H](OC(=O)N3)[C@@H](C)[C@H]3O[C@@]13C)[C@]1(C)O[C@@H]1[C@H](C)[C@@H]1C[C@@](O)(NC(=O)O1)[C@H](OC)C=CC=C(C)C2. The van der Waals surface area contributed by atoms with E-state index >= 15 is 0 Å². The Morgan fingerprint density at radius 2 is 1.00 bits per heavy atom. The van der Waals surface area contributed by atoms with Gasteiger partial charge in [0.15, 0.2) is 11.4 Å². The van der Waals surface area contributed by atoms with Crippen LogP contribution in [-0.2, 0) is 79.5 Å². The minimum atomic E-state index is -1.90. The molecule has 2 aromatic rings. The van der Waals surface area contributed by atoms with Crippen LogP contribution in [0.25, 0.3) is 0 Å². The molecule has 4 fully saturated rings. The lowest BCUT2D eigenvalue weighted by Crippen LogP contribution is -2.63. The van der Waals surface area contributed by atoms with Gasteiger partial charge in [-0.25, -0.2) is 19.2 Å². The van der Waals surface area contributed by atoms with Crippen molar-refractivity contribution in [3.63, 3.8) is 0 Å². The Labute approximate surface area is 601 Å². The van der Waals surface area contributed by atoms with Crippen molar-refractivity contribution in [2.75, 3.05) is 77.9 Å². The van der Waals surface area contributed by atoms with E-state index < -0.39 is 156 Å². The minimum Gasteiger partial charge on any atom is -0.495 e. The predicted molar refractivity (Wildman–Crippen MR) is 376 cm³/mol. The number of hydrogen-bond donors (Lipinski definition) is 4. The smallest absolute Gasteiger partial charge is 0.409 e. The van der Waals surface area contributed by atoms with Gasteiger partial charge in [-0.05, 0) is 89.8 Å². The number of methoxy groups -OCH3 is 4. The first-order valence-corrected chi connectivity index (χ1v) is 36.3. The maximum Gasteiger partial charge on any atom is 0.409 e. The molecule has 4 N–H and O–H groups in total. The normalized spacial score (nSPS) is 30.8. The van der Waals surface area contributed by atoms with Gasteiger partial charge in [-0.15, -0.1) is 0 Å². The van der Waals surface area contributed by atoms with Crippen molar-refractivity contribution in [3.05, 3.63) is 93.0 Å². The summed E-state index contributed by atoms with van der Waals surface area (Å²) in [4.78, 5) is 117. The zero-order valence-corrected chi connectivity index (χ0v) is 62.5. The number of benzene rings is 2. The molecule has 26 nitrogen and oxygen atoms in total. The highest BCUT2D eigenvalue weighted by Crippen LogP contribution is 2.51. The molecule has 16 atom stereocenters. The second kappa shape index (κ2) is 32.8. The van der Waals surface area contributed by atoms with E-state index in [0.29, 0.717) is 35.7 Å². The van der Waals surface area contributed by atoms with E-state index in [0.717, 1.165) is 22.3 Å². The second-order valence-electron chi connectivity index (χ2n) is 27.0. The van der Waals surface area contributed by atoms with Crippen molar-refractivity contribution in [3.8, 4) is 11.5 Å². The number of nitrogens with zero attached hydrogens (tertiary/aromatic N) is 4. The number of rotatable bonds is 17. The van der Waals surface area contributed by atoms with Crippen LogP contribution < -0.4 is 29.9 Å². The van der Waals surface area contributed by atoms with Crippen LogP contribution >= 0.6 is 44.8 Å². The number of carbonyl (C=O) groups excluding carboxylic acids is 8. The molecule has 0 aromatic heterocycles. The van der Waals surface area contributed by atoms with E-state index in [4.69, 9.17) is 70.6 Å². The molecule has 0 saturated carbocycles. The van der Waals surface area contributed by atoms with E-state index in [1.165, 1.54) is 97.6 Å². The highest BCUT2D eigenvalue weighted by molar-refractivity contribution is 8.76. The average molecular weight is 1470 g/mol. The number of nitrogens with one attached hydrogen (secondary N) is 2. The van der Waals surface area contributed by atoms with Crippen molar-refractivity contribution in [1.29, 1.82) is 0 Å². The fourth-order valence-electron chi connectivity index (χ4n) is 13.2. The zero-order valence-electron chi connectivity index (χ0n) is 59.4. The molecule has 0 radical (unpaired) electrons. The number of amides is 6. The molecule has 0 unspecified atom stereocenters. The predicted octanol–water partition coefficient (Wildman–Crippen LogP) is 8.20. The zero-order chi connectivity index (χ0) is 73.7. The molecule has 4 saturated heterocycles. The quantitative estimate of drug-likeness (QED) is 0.0381. The van der Waals surface area contributed by atoms with Gasteiger partial charge < -0.3 is 77.2 Å². The molecule has 2 aromatic carbocycles. The summed E-state index contributed by atoms with van der Waals surface area (Å²) in [5, 5.41) is 29.3. The Morgan fingerprint density at radius 3 is 1.34 bits per heavy atom. The Morgan fingerprint density at radius 1 is 0.640 bits per heavy atom.